The summed E-state index contributed by atoms with van der Waals surface area (Å²) in [5, 5.41) is 0. The Hall–Kier alpha value is -1.63. The van der Waals surface area contributed by atoms with E-state index in [9.17, 15) is 14.4 Å². The number of rotatable bonds is 6. The first kappa shape index (κ1) is 18.4. The normalized spacial score (nSPS) is 11.7. The summed E-state index contributed by atoms with van der Waals surface area (Å²) in [5.74, 6) is -2.88. The van der Waals surface area contributed by atoms with Crippen LogP contribution in [0.2, 0.25) is 0 Å². The Balaban J connectivity index is 5.16. The summed E-state index contributed by atoms with van der Waals surface area (Å²) in [6.45, 7) is 9.50. The van der Waals surface area contributed by atoms with Crippen molar-refractivity contribution in [1.29, 1.82) is 0 Å². The summed E-state index contributed by atoms with van der Waals surface area (Å²) in [6, 6.07) is 0. The quantitative estimate of drug-likeness (QED) is 0.445. The maximum absolute atomic E-state index is 12.1. The van der Waals surface area contributed by atoms with Gasteiger partial charge in [0.2, 0.25) is 5.41 Å². The SMILES string of the molecule is CCOC(=O)C(C)(C(=O)NOC(C)(C)C)C(=O)OCC. The van der Waals surface area contributed by atoms with E-state index in [1.54, 1.807) is 34.6 Å². The Morgan fingerprint density at radius 1 is 0.900 bits per heavy atom. The summed E-state index contributed by atoms with van der Waals surface area (Å²) in [4.78, 5) is 41.0. The van der Waals surface area contributed by atoms with Crippen molar-refractivity contribution in [2.75, 3.05) is 13.2 Å². The van der Waals surface area contributed by atoms with Crippen molar-refractivity contribution in [3.8, 4) is 0 Å². The molecule has 116 valence electrons. The topological polar surface area (TPSA) is 90.9 Å². The minimum atomic E-state index is -2.10. The maximum Gasteiger partial charge on any atom is 0.333 e. The van der Waals surface area contributed by atoms with Crippen LogP contribution in [0.1, 0.15) is 41.5 Å². The molecule has 0 atom stereocenters. The number of hydrogen-bond acceptors (Lipinski definition) is 6. The van der Waals surface area contributed by atoms with Gasteiger partial charge >= 0.3 is 11.9 Å². The highest BCUT2D eigenvalue weighted by Gasteiger charge is 2.52. The highest BCUT2D eigenvalue weighted by Crippen LogP contribution is 2.22. The van der Waals surface area contributed by atoms with Crippen molar-refractivity contribution in [1.82, 2.24) is 5.48 Å². The Bertz CT molecular complexity index is 354. The second-order valence-electron chi connectivity index (χ2n) is 5.21. The van der Waals surface area contributed by atoms with Crippen molar-refractivity contribution in [2.45, 2.75) is 47.1 Å². The molecule has 7 heteroatoms. The molecular weight excluding hydrogens is 266 g/mol. The molecular formula is C13H23NO6. The van der Waals surface area contributed by atoms with Gasteiger partial charge in [-0.3, -0.25) is 19.2 Å². The monoisotopic (exact) mass is 289 g/mol. The summed E-state index contributed by atoms with van der Waals surface area (Å²) in [5.41, 5.74) is -0.665. The van der Waals surface area contributed by atoms with Crippen LogP contribution in [0.3, 0.4) is 0 Å². The number of nitrogens with one attached hydrogen (secondary N) is 1. The summed E-state index contributed by atoms with van der Waals surface area (Å²) in [6.07, 6.45) is 0. The Kier molecular flexibility index (Phi) is 6.64. The second kappa shape index (κ2) is 7.23. The molecule has 0 aliphatic rings. The number of hydrogen-bond donors (Lipinski definition) is 1. The number of amides is 1. The van der Waals surface area contributed by atoms with Gasteiger partial charge in [-0.2, -0.15) is 0 Å². The average molecular weight is 289 g/mol. The number of carbonyl (C=O) groups excluding carboxylic acids is 3. The molecule has 0 spiro atoms. The third-order valence-electron chi connectivity index (χ3n) is 2.27. The Morgan fingerprint density at radius 3 is 1.60 bits per heavy atom. The van der Waals surface area contributed by atoms with Crippen LogP contribution >= 0.6 is 0 Å². The van der Waals surface area contributed by atoms with Gasteiger partial charge in [-0.15, -0.1) is 0 Å². The molecule has 0 saturated carbocycles. The van der Waals surface area contributed by atoms with Crippen LogP contribution in [0.5, 0.6) is 0 Å². The molecule has 0 unspecified atom stereocenters. The van der Waals surface area contributed by atoms with Crippen LogP contribution < -0.4 is 5.48 Å². The van der Waals surface area contributed by atoms with Gasteiger partial charge in [-0.1, -0.05) is 0 Å². The second-order valence-corrected chi connectivity index (χ2v) is 5.21. The summed E-state index contributed by atoms with van der Waals surface area (Å²) in [7, 11) is 0. The van der Waals surface area contributed by atoms with Crippen LogP contribution in [0, 0.1) is 5.41 Å². The fourth-order valence-electron chi connectivity index (χ4n) is 1.12. The smallest absolute Gasteiger partial charge is 0.333 e. The van der Waals surface area contributed by atoms with Crippen LogP contribution in [-0.2, 0) is 28.7 Å². The summed E-state index contributed by atoms with van der Waals surface area (Å²) < 4.78 is 9.54. The molecule has 1 N–H and O–H groups in total. The predicted molar refractivity (Wildman–Crippen MR) is 70.4 cm³/mol. The maximum atomic E-state index is 12.1. The molecule has 0 aliphatic heterocycles. The van der Waals surface area contributed by atoms with Gasteiger partial charge < -0.3 is 9.47 Å². The van der Waals surface area contributed by atoms with Crippen molar-refractivity contribution < 1.29 is 28.7 Å². The number of ether oxygens (including phenoxy) is 2. The van der Waals surface area contributed by atoms with E-state index in [0.717, 1.165) is 6.92 Å². The van der Waals surface area contributed by atoms with E-state index in [1.807, 2.05) is 0 Å². The number of esters is 2. The van der Waals surface area contributed by atoms with E-state index in [1.165, 1.54) is 0 Å². The molecule has 0 fully saturated rings. The lowest BCUT2D eigenvalue weighted by Crippen LogP contribution is -2.52. The van der Waals surface area contributed by atoms with E-state index < -0.39 is 28.9 Å². The van der Waals surface area contributed by atoms with Crippen molar-refractivity contribution in [3.63, 3.8) is 0 Å². The lowest BCUT2D eigenvalue weighted by Gasteiger charge is -2.26. The lowest BCUT2D eigenvalue weighted by atomic mass is 9.90. The standard InChI is InChI=1S/C13H23NO6/c1-7-18-10(16)13(6,11(17)19-8-2)9(15)14-20-12(3,4)5/h7-8H2,1-6H3,(H,14,15). The molecule has 0 aromatic carbocycles. The van der Waals surface area contributed by atoms with Gasteiger partial charge in [-0.05, 0) is 41.5 Å². The highest BCUT2D eigenvalue weighted by atomic mass is 16.7. The molecule has 20 heavy (non-hydrogen) atoms. The molecule has 7 nitrogen and oxygen atoms in total. The Labute approximate surface area is 118 Å². The molecule has 0 aliphatic carbocycles. The van der Waals surface area contributed by atoms with Gasteiger partial charge in [0.15, 0.2) is 0 Å². The van der Waals surface area contributed by atoms with Crippen molar-refractivity contribution in [3.05, 3.63) is 0 Å². The Morgan fingerprint density at radius 2 is 1.30 bits per heavy atom. The van der Waals surface area contributed by atoms with Gasteiger partial charge in [0, 0.05) is 0 Å². The van der Waals surface area contributed by atoms with Gasteiger partial charge in [0.1, 0.15) is 0 Å². The van der Waals surface area contributed by atoms with Gasteiger partial charge in [-0.25, -0.2) is 5.48 Å². The molecule has 0 aromatic rings. The lowest BCUT2D eigenvalue weighted by molar-refractivity contribution is -0.181. The minimum Gasteiger partial charge on any atom is -0.465 e. The van der Waals surface area contributed by atoms with Crippen LogP contribution in [-0.4, -0.2) is 36.7 Å². The van der Waals surface area contributed by atoms with Gasteiger partial charge in [0.25, 0.3) is 5.91 Å². The molecule has 0 radical (unpaired) electrons. The average Bonchev–Trinajstić information content (AvgIpc) is 2.34. The van der Waals surface area contributed by atoms with Crippen molar-refractivity contribution in [2.24, 2.45) is 5.41 Å². The zero-order chi connectivity index (χ0) is 16.0. The van der Waals surface area contributed by atoms with E-state index in [0.29, 0.717) is 0 Å². The zero-order valence-corrected chi connectivity index (χ0v) is 12.9. The number of hydroxylamine groups is 1. The zero-order valence-electron chi connectivity index (χ0n) is 12.9. The van der Waals surface area contributed by atoms with Crippen LogP contribution in [0.25, 0.3) is 0 Å². The van der Waals surface area contributed by atoms with Crippen molar-refractivity contribution >= 4 is 17.8 Å². The van der Waals surface area contributed by atoms with Gasteiger partial charge in [0.05, 0.1) is 18.8 Å². The highest BCUT2D eigenvalue weighted by molar-refractivity contribution is 6.18. The molecule has 0 aromatic heterocycles. The molecule has 0 saturated heterocycles. The van der Waals surface area contributed by atoms with Crippen LogP contribution in [0.15, 0.2) is 0 Å². The first-order chi connectivity index (χ1) is 9.09. The van der Waals surface area contributed by atoms with E-state index in [2.05, 4.69) is 5.48 Å². The first-order valence-electron chi connectivity index (χ1n) is 6.42. The number of carbonyl (C=O) groups is 3. The predicted octanol–water partition coefficient (Wildman–Crippen LogP) is 0.965. The molecule has 0 rings (SSSR count). The van der Waals surface area contributed by atoms with E-state index >= 15 is 0 Å². The molecule has 0 heterocycles. The third kappa shape index (κ3) is 4.80. The minimum absolute atomic E-state index is 0.0429. The fraction of sp³-hybridized carbons (Fsp3) is 0.769. The van der Waals surface area contributed by atoms with E-state index in [-0.39, 0.29) is 13.2 Å². The first-order valence-corrected chi connectivity index (χ1v) is 6.42. The van der Waals surface area contributed by atoms with E-state index in [4.69, 9.17) is 14.3 Å². The molecule has 0 bridgehead atoms. The fourth-order valence-corrected chi connectivity index (χ4v) is 1.12. The largest absolute Gasteiger partial charge is 0.465 e. The third-order valence-corrected chi connectivity index (χ3v) is 2.27. The van der Waals surface area contributed by atoms with Crippen LogP contribution in [0.4, 0.5) is 0 Å². The molecule has 1 amide bonds. The summed E-state index contributed by atoms with van der Waals surface area (Å²) >= 11 is 0.